The number of rotatable bonds is 4. The van der Waals surface area contributed by atoms with Crippen molar-refractivity contribution in [2.24, 2.45) is 0 Å². The first-order chi connectivity index (χ1) is 9.13. The number of nitrogens with one attached hydrogen (secondary N) is 1. The van der Waals surface area contributed by atoms with Gasteiger partial charge >= 0.3 is 0 Å². The SMILES string of the molecule is CCCN(C(=O)c1ccc(Br)c(F)c1)C1CCNC1. The second kappa shape index (κ2) is 6.48. The highest BCUT2D eigenvalue weighted by molar-refractivity contribution is 9.10. The van der Waals surface area contributed by atoms with E-state index in [1.807, 2.05) is 11.8 Å². The summed E-state index contributed by atoms with van der Waals surface area (Å²) in [5.74, 6) is -0.478. The Hall–Kier alpha value is -0.940. The Labute approximate surface area is 121 Å². The van der Waals surface area contributed by atoms with Crippen molar-refractivity contribution >= 4 is 21.8 Å². The third-order valence-electron chi connectivity index (χ3n) is 3.37. The summed E-state index contributed by atoms with van der Waals surface area (Å²) in [5, 5.41) is 3.26. The zero-order chi connectivity index (χ0) is 13.8. The van der Waals surface area contributed by atoms with Gasteiger partial charge in [0.15, 0.2) is 0 Å². The van der Waals surface area contributed by atoms with Gasteiger partial charge in [-0.1, -0.05) is 6.92 Å². The van der Waals surface area contributed by atoms with Gasteiger partial charge in [0.1, 0.15) is 5.82 Å². The van der Waals surface area contributed by atoms with Gasteiger partial charge in [-0.05, 0) is 53.5 Å². The fraction of sp³-hybridized carbons (Fsp3) is 0.500. The van der Waals surface area contributed by atoms with Crippen molar-refractivity contribution in [3.05, 3.63) is 34.1 Å². The van der Waals surface area contributed by atoms with Gasteiger partial charge in [0.05, 0.1) is 4.47 Å². The van der Waals surface area contributed by atoms with Gasteiger partial charge in [0.2, 0.25) is 0 Å². The van der Waals surface area contributed by atoms with E-state index in [-0.39, 0.29) is 11.9 Å². The van der Waals surface area contributed by atoms with Crippen molar-refractivity contribution in [3.8, 4) is 0 Å². The molecule has 1 atom stereocenters. The average Bonchev–Trinajstić information content (AvgIpc) is 2.92. The number of halogens is 2. The zero-order valence-corrected chi connectivity index (χ0v) is 12.5. The molecule has 1 unspecified atom stereocenters. The van der Waals surface area contributed by atoms with Crippen LogP contribution in [0.15, 0.2) is 22.7 Å². The molecule has 3 nitrogen and oxygen atoms in total. The lowest BCUT2D eigenvalue weighted by Gasteiger charge is -2.28. The molecule has 0 aromatic heterocycles. The molecule has 1 fully saturated rings. The molecule has 1 aliphatic heterocycles. The number of hydrogen-bond donors (Lipinski definition) is 1. The normalized spacial score (nSPS) is 18.6. The topological polar surface area (TPSA) is 32.3 Å². The maximum atomic E-state index is 13.5. The number of nitrogens with zero attached hydrogens (tertiary/aromatic N) is 1. The Morgan fingerprint density at radius 1 is 1.58 bits per heavy atom. The van der Waals surface area contributed by atoms with Crippen molar-refractivity contribution in [3.63, 3.8) is 0 Å². The van der Waals surface area contributed by atoms with E-state index in [4.69, 9.17) is 0 Å². The molecule has 1 N–H and O–H groups in total. The molecule has 1 saturated heterocycles. The number of carbonyl (C=O) groups is 1. The molecule has 1 amide bonds. The molecule has 1 heterocycles. The number of amides is 1. The molecule has 0 bridgehead atoms. The molecule has 5 heteroatoms. The highest BCUT2D eigenvalue weighted by atomic mass is 79.9. The maximum Gasteiger partial charge on any atom is 0.254 e. The molecule has 0 saturated carbocycles. The molecule has 0 spiro atoms. The quantitative estimate of drug-likeness (QED) is 0.921. The predicted molar refractivity (Wildman–Crippen MR) is 76.7 cm³/mol. The number of carbonyl (C=O) groups excluding carboxylic acids is 1. The van der Waals surface area contributed by atoms with E-state index in [2.05, 4.69) is 21.2 Å². The lowest BCUT2D eigenvalue weighted by atomic mass is 10.1. The van der Waals surface area contributed by atoms with E-state index in [1.54, 1.807) is 12.1 Å². The van der Waals surface area contributed by atoms with Crippen molar-refractivity contribution in [1.82, 2.24) is 10.2 Å². The van der Waals surface area contributed by atoms with Crippen LogP contribution in [0.3, 0.4) is 0 Å². The van der Waals surface area contributed by atoms with Gasteiger partial charge < -0.3 is 10.2 Å². The van der Waals surface area contributed by atoms with E-state index in [0.717, 1.165) is 25.9 Å². The van der Waals surface area contributed by atoms with Crippen LogP contribution >= 0.6 is 15.9 Å². The van der Waals surface area contributed by atoms with Crippen LogP contribution in [-0.4, -0.2) is 36.5 Å². The monoisotopic (exact) mass is 328 g/mol. The first-order valence-corrected chi connectivity index (χ1v) is 7.39. The van der Waals surface area contributed by atoms with Crippen molar-refractivity contribution < 1.29 is 9.18 Å². The summed E-state index contributed by atoms with van der Waals surface area (Å²) < 4.78 is 13.9. The molecule has 0 aliphatic carbocycles. The van der Waals surface area contributed by atoms with Crippen LogP contribution in [0, 0.1) is 5.82 Å². The molecule has 1 aromatic carbocycles. The lowest BCUT2D eigenvalue weighted by molar-refractivity contribution is 0.0691. The van der Waals surface area contributed by atoms with Crippen LogP contribution in [0.2, 0.25) is 0 Å². The molecule has 1 aromatic rings. The van der Waals surface area contributed by atoms with Gasteiger partial charge in [-0.3, -0.25) is 4.79 Å². The summed E-state index contributed by atoms with van der Waals surface area (Å²) in [6.45, 7) is 4.52. The van der Waals surface area contributed by atoms with Crippen molar-refractivity contribution in [2.45, 2.75) is 25.8 Å². The first-order valence-electron chi connectivity index (χ1n) is 6.60. The summed E-state index contributed by atoms with van der Waals surface area (Å²) >= 11 is 3.10. The fourth-order valence-electron chi connectivity index (χ4n) is 2.39. The third kappa shape index (κ3) is 3.34. The Morgan fingerprint density at radius 3 is 2.95 bits per heavy atom. The van der Waals surface area contributed by atoms with Crippen LogP contribution in [0.25, 0.3) is 0 Å². The largest absolute Gasteiger partial charge is 0.334 e. The smallest absolute Gasteiger partial charge is 0.254 e. The first kappa shape index (κ1) is 14.5. The van der Waals surface area contributed by atoms with Crippen LogP contribution in [0.1, 0.15) is 30.1 Å². The number of hydrogen-bond acceptors (Lipinski definition) is 2. The third-order valence-corrected chi connectivity index (χ3v) is 4.01. The summed E-state index contributed by atoms with van der Waals surface area (Å²) in [5.41, 5.74) is 0.418. The molecular weight excluding hydrogens is 311 g/mol. The van der Waals surface area contributed by atoms with Gasteiger partial charge in [0, 0.05) is 24.7 Å². The second-order valence-electron chi connectivity index (χ2n) is 4.77. The highest BCUT2D eigenvalue weighted by Gasteiger charge is 2.26. The van der Waals surface area contributed by atoms with E-state index < -0.39 is 5.82 Å². The summed E-state index contributed by atoms with van der Waals surface area (Å²) in [6, 6.07) is 4.77. The van der Waals surface area contributed by atoms with Gasteiger partial charge in [-0.25, -0.2) is 4.39 Å². The number of benzene rings is 1. The van der Waals surface area contributed by atoms with E-state index >= 15 is 0 Å². The van der Waals surface area contributed by atoms with Crippen LogP contribution in [0.4, 0.5) is 4.39 Å². The Bertz CT molecular complexity index is 461. The van der Waals surface area contributed by atoms with E-state index in [0.29, 0.717) is 16.6 Å². The molecule has 104 valence electrons. The van der Waals surface area contributed by atoms with E-state index in [9.17, 15) is 9.18 Å². The average molecular weight is 329 g/mol. The van der Waals surface area contributed by atoms with Crippen molar-refractivity contribution in [2.75, 3.05) is 19.6 Å². The fourth-order valence-corrected chi connectivity index (χ4v) is 2.64. The zero-order valence-electron chi connectivity index (χ0n) is 11.0. The molecule has 1 aliphatic rings. The van der Waals surface area contributed by atoms with Gasteiger partial charge in [0.25, 0.3) is 5.91 Å². The Balaban J connectivity index is 2.20. The molecule has 0 radical (unpaired) electrons. The van der Waals surface area contributed by atoms with E-state index in [1.165, 1.54) is 6.07 Å². The molecule has 2 rings (SSSR count). The lowest BCUT2D eigenvalue weighted by Crippen LogP contribution is -2.42. The van der Waals surface area contributed by atoms with Crippen LogP contribution < -0.4 is 5.32 Å². The summed E-state index contributed by atoms with van der Waals surface area (Å²) in [6.07, 6.45) is 1.87. The standard InChI is InChI=1S/C14H18BrFN2O/c1-2-7-18(11-5-6-17-9-11)14(19)10-3-4-12(15)13(16)8-10/h3-4,8,11,17H,2,5-7,9H2,1H3. The van der Waals surface area contributed by atoms with Crippen LogP contribution in [0.5, 0.6) is 0 Å². The maximum absolute atomic E-state index is 13.5. The second-order valence-corrected chi connectivity index (χ2v) is 5.63. The van der Waals surface area contributed by atoms with Gasteiger partial charge in [-0.15, -0.1) is 0 Å². The Kier molecular flexibility index (Phi) is 4.93. The summed E-state index contributed by atoms with van der Waals surface area (Å²) in [4.78, 5) is 14.4. The predicted octanol–water partition coefficient (Wildman–Crippen LogP) is 2.80. The highest BCUT2D eigenvalue weighted by Crippen LogP contribution is 2.19. The minimum atomic E-state index is -0.396. The minimum Gasteiger partial charge on any atom is -0.334 e. The molecule has 19 heavy (non-hydrogen) atoms. The van der Waals surface area contributed by atoms with Crippen molar-refractivity contribution in [1.29, 1.82) is 0 Å². The Morgan fingerprint density at radius 2 is 2.37 bits per heavy atom. The van der Waals surface area contributed by atoms with Gasteiger partial charge in [-0.2, -0.15) is 0 Å². The summed E-state index contributed by atoms with van der Waals surface area (Å²) in [7, 11) is 0. The molecular formula is C14H18BrFN2O. The minimum absolute atomic E-state index is 0.0815. The van der Waals surface area contributed by atoms with Crippen LogP contribution in [-0.2, 0) is 0 Å².